The summed E-state index contributed by atoms with van der Waals surface area (Å²) in [6.45, 7) is 3.25. The Balaban J connectivity index is 2.04. The molecule has 10 heteroatoms. The molecule has 0 radical (unpaired) electrons. The third-order valence-corrected chi connectivity index (χ3v) is 3.93. The maximum absolute atomic E-state index is 13.9. The molecule has 0 unspecified atom stereocenters. The van der Waals surface area contributed by atoms with Crippen molar-refractivity contribution in [3.8, 4) is 11.5 Å². The molecule has 0 aliphatic carbocycles. The van der Waals surface area contributed by atoms with E-state index in [2.05, 4.69) is 9.31 Å². The summed E-state index contributed by atoms with van der Waals surface area (Å²) in [5.74, 6) is -1.17. The van der Waals surface area contributed by atoms with Gasteiger partial charge in [0, 0.05) is 6.92 Å². The topological polar surface area (TPSA) is 57.0 Å². The third kappa shape index (κ3) is 4.11. The summed E-state index contributed by atoms with van der Waals surface area (Å²) in [6.07, 6.45) is 1.31. The van der Waals surface area contributed by atoms with Gasteiger partial charge in [-0.2, -0.15) is 0 Å². The van der Waals surface area contributed by atoms with E-state index in [1.807, 2.05) is 0 Å². The lowest BCUT2D eigenvalue weighted by molar-refractivity contribution is -0.546. The highest BCUT2D eigenvalue weighted by molar-refractivity contribution is 6.67. The van der Waals surface area contributed by atoms with Crippen molar-refractivity contribution in [3.63, 3.8) is 0 Å². The number of para-hydroxylation sites is 1. The molecule has 0 amide bonds. The lowest BCUT2D eigenvalue weighted by Crippen LogP contribution is -2.39. The lowest BCUT2D eigenvalue weighted by atomic mass is 10.0. The van der Waals surface area contributed by atoms with Gasteiger partial charge in [-0.25, -0.2) is 4.58 Å². The van der Waals surface area contributed by atoms with E-state index in [9.17, 15) is 13.4 Å². The molecule has 0 N–H and O–H groups in total. The van der Waals surface area contributed by atoms with Crippen LogP contribution in [0.25, 0.3) is 5.76 Å². The van der Waals surface area contributed by atoms with Crippen molar-refractivity contribution in [2.75, 3.05) is 26.3 Å². The van der Waals surface area contributed by atoms with Crippen molar-refractivity contribution < 1.29 is 36.8 Å². The molecule has 1 aromatic rings. The summed E-state index contributed by atoms with van der Waals surface area (Å²) in [7, 11) is -4.62. The normalized spacial score (nSPS) is 20.3. The number of hydrogen-bond acceptors (Lipinski definition) is 5. The number of ether oxygens (including phenoxy) is 2. The van der Waals surface area contributed by atoms with E-state index in [4.69, 9.17) is 21.1 Å². The Morgan fingerprint density at radius 1 is 1.32 bits per heavy atom. The number of carbonyl (C=O) groups is 1. The number of allylic oxidation sites excluding steroid dienone is 1. The molecular formula is C15H15BClF2NO5. The van der Waals surface area contributed by atoms with E-state index in [1.54, 1.807) is 4.58 Å². The first-order chi connectivity index (χ1) is 11.9. The van der Waals surface area contributed by atoms with E-state index in [-0.39, 0.29) is 28.0 Å². The van der Waals surface area contributed by atoms with Gasteiger partial charge in [-0.3, -0.25) is 4.79 Å². The summed E-state index contributed by atoms with van der Waals surface area (Å²) < 4.78 is 49.0. The van der Waals surface area contributed by atoms with Crippen LogP contribution in [-0.4, -0.2) is 49.1 Å². The van der Waals surface area contributed by atoms with Gasteiger partial charge in [0.15, 0.2) is 18.8 Å². The molecule has 3 rings (SSSR count). The molecule has 0 atom stereocenters. The Morgan fingerprint density at radius 2 is 2.04 bits per heavy atom. The standard InChI is InChI=1S/C15H15BClF2NO5/c1-10(21)23-12-4-2-3-11-13(24-16(18,19)25-15(11)12)9-14(17)20-5-7-22-8-6-20/h2-4,9H,5-8H2,1H3/b13-9-. The minimum Gasteiger partial charge on any atom is -0.627 e. The SMILES string of the molecule is CC(=O)Oc1cccc2c1O[B-](F)(F)O/C2=C\C(Cl)=[N+]1CCOCC1. The highest BCUT2D eigenvalue weighted by Gasteiger charge is 2.41. The smallest absolute Gasteiger partial charge is 0.627 e. The van der Waals surface area contributed by atoms with Gasteiger partial charge in [0.25, 0.3) is 5.17 Å². The summed E-state index contributed by atoms with van der Waals surface area (Å²) in [6, 6.07) is 4.42. The summed E-state index contributed by atoms with van der Waals surface area (Å²) in [4.78, 5) is 11.2. The van der Waals surface area contributed by atoms with Crippen molar-refractivity contribution in [1.82, 2.24) is 0 Å². The Bertz CT molecular complexity index is 760. The number of morpholine rings is 1. The maximum Gasteiger partial charge on any atom is 0.726 e. The number of hydrogen-bond donors (Lipinski definition) is 0. The molecule has 0 aromatic heterocycles. The molecule has 2 aliphatic heterocycles. The number of fused-ring (bicyclic) bond motifs is 1. The number of nitrogens with zero attached hydrogens (tertiary/aromatic N) is 1. The molecular weight excluding hydrogens is 358 g/mol. The molecule has 134 valence electrons. The first kappa shape index (κ1) is 17.7. The fraction of sp³-hybridized carbons (Fsp3) is 0.333. The van der Waals surface area contributed by atoms with Crippen LogP contribution in [0.15, 0.2) is 24.3 Å². The minimum absolute atomic E-state index is 0.108. The van der Waals surface area contributed by atoms with Crippen molar-refractivity contribution >= 4 is 35.6 Å². The average molecular weight is 374 g/mol. The van der Waals surface area contributed by atoms with Gasteiger partial charge in [-0.15, -0.1) is 0 Å². The number of halogens is 3. The maximum atomic E-state index is 13.9. The zero-order valence-electron chi connectivity index (χ0n) is 13.3. The third-order valence-electron chi connectivity index (χ3n) is 3.58. The number of benzene rings is 1. The Labute approximate surface area is 147 Å². The van der Waals surface area contributed by atoms with Crippen LogP contribution in [0.4, 0.5) is 8.63 Å². The predicted octanol–water partition coefficient (Wildman–Crippen LogP) is 2.42. The molecule has 1 saturated heterocycles. The molecule has 1 fully saturated rings. The minimum atomic E-state index is -4.62. The number of esters is 1. The molecule has 0 bridgehead atoms. The van der Waals surface area contributed by atoms with Crippen LogP contribution < -0.4 is 9.39 Å². The van der Waals surface area contributed by atoms with E-state index in [0.29, 0.717) is 26.3 Å². The average Bonchev–Trinajstić information content (AvgIpc) is 2.55. The Kier molecular flexibility index (Phi) is 4.96. The van der Waals surface area contributed by atoms with Gasteiger partial charge >= 0.3 is 13.1 Å². The van der Waals surface area contributed by atoms with Crippen LogP contribution in [0.2, 0.25) is 0 Å². The number of rotatable bonds is 2. The van der Waals surface area contributed by atoms with Crippen LogP contribution in [-0.2, 0) is 14.2 Å². The van der Waals surface area contributed by atoms with E-state index < -0.39 is 13.1 Å². The zero-order chi connectivity index (χ0) is 18.0. The predicted molar refractivity (Wildman–Crippen MR) is 87.1 cm³/mol. The van der Waals surface area contributed by atoms with Crippen molar-refractivity contribution in [2.24, 2.45) is 0 Å². The van der Waals surface area contributed by atoms with Gasteiger partial charge in [-0.05, 0) is 23.7 Å². The zero-order valence-corrected chi connectivity index (χ0v) is 14.1. The summed E-state index contributed by atoms with van der Waals surface area (Å²) >= 11 is 6.24. The summed E-state index contributed by atoms with van der Waals surface area (Å²) in [5, 5.41) is 0.246. The van der Waals surface area contributed by atoms with Gasteiger partial charge < -0.3 is 27.4 Å². The monoisotopic (exact) mass is 373 g/mol. The molecule has 0 saturated carbocycles. The Hall–Kier alpha value is -2.13. The van der Waals surface area contributed by atoms with Crippen molar-refractivity contribution in [2.45, 2.75) is 6.92 Å². The largest absolute Gasteiger partial charge is 0.726 e. The van der Waals surface area contributed by atoms with Crippen molar-refractivity contribution in [3.05, 3.63) is 29.8 Å². The fourth-order valence-electron chi connectivity index (χ4n) is 2.53. The first-order valence-corrected chi connectivity index (χ1v) is 8.00. The van der Waals surface area contributed by atoms with Crippen LogP contribution in [0.1, 0.15) is 12.5 Å². The van der Waals surface area contributed by atoms with E-state index in [1.165, 1.54) is 31.2 Å². The van der Waals surface area contributed by atoms with Gasteiger partial charge in [0.1, 0.15) is 19.0 Å². The molecule has 2 heterocycles. The van der Waals surface area contributed by atoms with Crippen molar-refractivity contribution in [1.29, 1.82) is 0 Å². The molecule has 1 aromatic carbocycles. The fourth-order valence-corrected chi connectivity index (χ4v) is 2.80. The van der Waals surface area contributed by atoms with Gasteiger partial charge in [0.2, 0.25) is 0 Å². The number of carbonyl (C=O) groups excluding carboxylic acids is 1. The molecule has 2 aliphatic rings. The highest BCUT2D eigenvalue weighted by atomic mass is 35.5. The van der Waals surface area contributed by atoms with Crippen LogP contribution in [0, 0.1) is 0 Å². The quantitative estimate of drug-likeness (QED) is 0.345. The van der Waals surface area contributed by atoms with Crippen LogP contribution in [0.5, 0.6) is 11.5 Å². The van der Waals surface area contributed by atoms with E-state index >= 15 is 0 Å². The summed E-state index contributed by atoms with van der Waals surface area (Å²) in [5.41, 5.74) is 0.220. The van der Waals surface area contributed by atoms with Crippen LogP contribution in [0.3, 0.4) is 0 Å². The molecule has 6 nitrogen and oxygen atoms in total. The Morgan fingerprint density at radius 3 is 2.72 bits per heavy atom. The van der Waals surface area contributed by atoms with Crippen LogP contribution >= 0.6 is 11.6 Å². The second-order valence-corrected chi connectivity index (χ2v) is 5.82. The molecule has 25 heavy (non-hydrogen) atoms. The second kappa shape index (κ2) is 7.01. The van der Waals surface area contributed by atoms with E-state index in [0.717, 1.165) is 0 Å². The van der Waals surface area contributed by atoms with Gasteiger partial charge in [-0.1, -0.05) is 6.07 Å². The second-order valence-electron chi connectivity index (χ2n) is 5.43. The lowest BCUT2D eigenvalue weighted by Gasteiger charge is -2.36. The van der Waals surface area contributed by atoms with Gasteiger partial charge in [0.05, 0.1) is 17.4 Å². The highest BCUT2D eigenvalue weighted by Crippen LogP contribution is 2.43. The molecule has 0 spiro atoms. The first-order valence-electron chi connectivity index (χ1n) is 7.62.